The van der Waals surface area contributed by atoms with Crippen molar-refractivity contribution < 1.29 is 19.7 Å². The van der Waals surface area contributed by atoms with E-state index in [0.717, 1.165) is 11.1 Å². The number of para-hydroxylation sites is 1. The number of phenolic OH excluding ortho intramolecular Hbond substituents is 2. The molecule has 0 bridgehead atoms. The molecule has 3 rings (SSSR count). The number of esters is 1. The maximum absolute atomic E-state index is 10.8. The number of carbonyl (C=O) groups excluding carboxylic acids is 1. The van der Waals surface area contributed by atoms with Crippen LogP contribution in [0.2, 0.25) is 0 Å². The smallest absolute Gasteiger partial charge is 0.337 e. The Morgan fingerprint density at radius 1 is 0.792 bits per heavy atom. The van der Waals surface area contributed by atoms with E-state index in [1.165, 1.54) is 31.4 Å². The predicted molar refractivity (Wildman–Crippen MR) is 93.0 cm³/mol. The molecule has 4 heteroatoms. The molecule has 0 spiro atoms. The molecule has 0 saturated heterocycles. The summed E-state index contributed by atoms with van der Waals surface area (Å²) >= 11 is 0. The van der Waals surface area contributed by atoms with Gasteiger partial charge in [-0.1, -0.05) is 48.5 Å². The molecular formula is C20H18O4. The van der Waals surface area contributed by atoms with Crippen molar-refractivity contribution in [3.05, 3.63) is 84.4 Å². The van der Waals surface area contributed by atoms with E-state index in [-0.39, 0.29) is 5.75 Å². The Balaban J connectivity index is 0.000000177. The minimum absolute atomic E-state index is 0.137. The summed E-state index contributed by atoms with van der Waals surface area (Å²) in [6.07, 6.45) is 0. The van der Waals surface area contributed by atoms with Crippen molar-refractivity contribution in [1.82, 2.24) is 0 Å². The van der Waals surface area contributed by atoms with Crippen LogP contribution >= 0.6 is 0 Å². The largest absolute Gasteiger partial charge is 0.508 e. The van der Waals surface area contributed by atoms with Crippen molar-refractivity contribution >= 4 is 5.97 Å². The molecule has 24 heavy (non-hydrogen) atoms. The van der Waals surface area contributed by atoms with Gasteiger partial charge in [-0.15, -0.1) is 0 Å². The van der Waals surface area contributed by atoms with Gasteiger partial charge in [0.25, 0.3) is 0 Å². The van der Waals surface area contributed by atoms with Gasteiger partial charge in [0.1, 0.15) is 11.5 Å². The van der Waals surface area contributed by atoms with Crippen molar-refractivity contribution in [3.63, 3.8) is 0 Å². The molecule has 0 unspecified atom stereocenters. The fraction of sp³-hybridized carbons (Fsp3) is 0.0500. The fourth-order valence-electron chi connectivity index (χ4n) is 2.05. The van der Waals surface area contributed by atoms with Gasteiger partial charge < -0.3 is 14.9 Å². The van der Waals surface area contributed by atoms with Gasteiger partial charge in [0.15, 0.2) is 0 Å². The lowest BCUT2D eigenvalue weighted by Crippen LogP contribution is -1.99. The Morgan fingerprint density at radius 3 is 1.96 bits per heavy atom. The molecule has 0 aromatic heterocycles. The highest BCUT2D eigenvalue weighted by Crippen LogP contribution is 2.27. The van der Waals surface area contributed by atoms with Gasteiger partial charge in [-0.25, -0.2) is 4.79 Å². The van der Waals surface area contributed by atoms with Crippen LogP contribution in [-0.4, -0.2) is 23.3 Å². The number of hydrogen-bond acceptors (Lipinski definition) is 4. The number of aromatic hydroxyl groups is 2. The summed E-state index contributed by atoms with van der Waals surface area (Å²) < 4.78 is 4.46. The normalized spacial score (nSPS) is 9.54. The zero-order valence-corrected chi connectivity index (χ0v) is 13.2. The standard InChI is InChI=1S/C12H10O.C8H8O3/c13-12-9-5-4-8-11(12)10-6-2-1-3-7-10;1-11-8(10)6-2-4-7(9)5-3-6/h1-9,13H;2-5,9H,1H3. The van der Waals surface area contributed by atoms with Crippen LogP contribution in [0.25, 0.3) is 11.1 Å². The van der Waals surface area contributed by atoms with Crippen LogP contribution in [-0.2, 0) is 4.74 Å². The second-order valence-corrected chi connectivity index (χ2v) is 4.92. The Labute approximate surface area is 140 Å². The quantitative estimate of drug-likeness (QED) is 0.693. The maximum Gasteiger partial charge on any atom is 0.337 e. The highest BCUT2D eigenvalue weighted by Gasteiger charge is 2.02. The summed E-state index contributed by atoms with van der Waals surface area (Å²) in [4.78, 5) is 10.8. The van der Waals surface area contributed by atoms with Crippen LogP contribution in [0, 0.1) is 0 Å². The maximum atomic E-state index is 10.8. The lowest BCUT2D eigenvalue weighted by Gasteiger charge is -2.02. The average molecular weight is 322 g/mol. The van der Waals surface area contributed by atoms with Crippen LogP contribution in [0.3, 0.4) is 0 Å². The van der Waals surface area contributed by atoms with Crippen LogP contribution < -0.4 is 0 Å². The molecule has 0 aliphatic carbocycles. The van der Waals surface area contributed by atoms with Gasteiger partial charge in [0.05, 0.1) is 12.7 Å². The first kappa shape index (κ1) is 17.1. The highest BCUT2D eigenvalue weighted by molar-refractivity contribution is 5.89. The summed E-state index contributed by atoms with van der Waals surface area (Å²) in [5.74, 6) is 0.0661. The summed E-state index contributed by atoms with van der Waals surface area (Å²) in [5.41, 5.74) is 2.36. The van der Waals surface area contributed by atoms with Crippen molar-refractivity contribution in [1.29, 1.82) is 0 Å². The van der Waals surface area contributed by atoms with Crippen LogP contribution in [0.15, 0.2) is 78.9 Å². The third kappa shape index (κ3) is 4.61. The summed E-state index contributed by atoms with van der Waals surface area (Å²) in [6, 6.07) is 23.1. The molecule has 3 aromatic carbocycles. The topological polar surface area (TPSA) is 66.8 Å². The summed E-state index contributed by atoms with van der Waals surface area (Å²) in [5, 5.41) is 18.4. The first-order valence-corrected chi connectivity index (χ1v) is 7.32. The van der Waals surface area contributed by atoms with Crippen molar-refractivity contribution in [2.75, 3.05) is 7.11 Å². The van der Waals surface area contributed by atoms with E-state index in [1.54, 1.807) is 6.07 Å². The number of hydrogen-bond donors (Lipinski definition) is 2. The van der Waals surface area contributed by atoms with E-state index in [4.69, 9.17) is 5.11 Å². The zero-order valence-electron chi connectivity index (χ0n) is 13.2. The molecule has 0 fully saturated rings. The van der Waals surface area contributed by atoms with Crippen molar-refractivity contribution in [2.45, 2.75) is 0 Å². The van der Waals surface area contributed by atoms with Crippen molar-refractivity contribution in [3.8, 4) is 22.6 Å². The molecule has 0 saturated carbocycles. The molecular weight excluding hydrogens is 304 g/mol. The van der Waals surface area contributed by atoms with E-state index in [2.05, 4.69) is 4.74 Å². The molecule has 2 N–H and O–H groups in total. The molecule has 0 aliphatic rings. The molecule has 3 aromatic rings. The van der Waals surface area contributed by atoms with E-state index >= 15 is 0 Å². The van der Waals surface area contributed by atoms with Crippen LogP contribution in [0.1, 0.15) is 10.4 Å². The van der Waals surface area contributed by atoms with Gasteiger partial charge in [0, 0.05) is 5.56 Å². The third-order valence-electron chi connectivity index (χ3n) is 3.28. The predicted octanol–water partition coefficient (Wildman–Crippen LogP) is 4.24. The monoisotopic (exact) mass is 322 g/mol. The highest BCUT2D eigenvalue weighted by atomic mass is 16.5. The molecule has 0 aliphatic heterocycles. The number of methoxy groups -OCH3 is 1. The molecule has 0 heterocycles. The lowest BCUT2D eigenvalue weighted by molar-refractivity contribution is 0.0600. The second-order valence-electron chi connectivity index (χ2n) is 4.92. The van der Waals surface area contributed by atoms with Gasteiger partial charge in [-0.05, 0) is 35.9 Å². The molecule has 0 amide bonds. The fourth-order valence-corrected chi connectivity index (χ4v) is 2.05. The zero-order chi connectivity index (χ0) is 17.4. The minimum atomic E-state index is -0.398. The Morgan fingerprint density at radius 2 is 1.38 bits per heavy atom. The van der Waals surface area contributed by atoms with Crippen LogP contribution in [0.5, 0.6) is 11.5 Å². The van der Waals surface area contributed by atoms with Gasteiger partial charge in [-0.3, -0.25) is 0 Å². The second kappa shape index (κ2) is 8.39. The summed E-state index contributed by atoms with van der Waals surface area (Å²) in [7, 11) is 1.31. The minimum Gasteiger partial charge on any atom is -0.508 e. The lowest BCUT2D eigenvalue weighted by atomic mass is 10.1. The van der Waals surface area contributed by atoms with Crippen LogP contribution in [0.4, 0.5) is 0 Å². The number of carbonyl (C=O) groups is 1. The number of rotatable bonds is 2. The molecule has 4 nitrogen and oxygen atoms in total. The van der Waals surface area contributed by atoms with Gasteiger partial charge >= 0.3 is 5.97 Å². The van der Waals surface area contributed by atoms with Crippen molar-refractivity contribution in [2.24, 2.45) is 0 Å². The van der Waals surface area contributed by atoms with E-state index < -0.39 is 5.97 Å². The molecule has 122 valence electrons. The third-order valence-corrected chi connectivity index (χ3v) is 3.28. The van der Waals surface area contributed by atoms with Gasteiger partial charge in [0.2, 0.25) is 0 Å². The number of ether oxygens (including phenoxy) is 1. The number of phenols is 2. The van der Waals surface area contributed by atoms with E-state index in [0.29, 0.717) is 11.3 Å². The van der Waals surface area contributed by atoms with E-state index in [9.17, 15) is 9.90 Å². The Hall–Kier alpha value is -3.27. The van der Waals surface area contributed by atoms with Gasteiger partial charge in [-0.2, -0.15) is 0 Å². The molecule has 0 atom stereocenters. The first-order chi connectivity index (χ1) is 11.6. The summed E-state index contributed by atoms with van der Waals surface area (Å²) in [6.45, 7) is 0. The SMILES string of the molecule is COC(=O)c1ccc(O)cc1.Oc1ccccc1-c1ccccc1. The Kier molecular flexibility index (Phi) is 5.97. The Bertz CT molecular complexity index is 780. The van der Waals surface area contributed by atoms with E-state index in [1.807, 2.05) is 48.5 Å². The first-order valence-electron chi connectivity index (χ1n) is 7.32. The average Bonchev–Trinajstić information content (AvgIpc) is 2.63. The molecule has 0 radical (unpaired) electrons. The number of benzene rings is 3.